The number of carbonyl (C=O) groups is 1. The number of piperidine rings is 1. The Balaban J connectivity index is 1.50. The Kier molecular flexibility index (Phi) is 6.88. The maximum Gasteiger partial charge on any atom is 0.246 e. The first kappa shape index (κ1) is 22.8. The van der Waals surface area contributed by atoms with E-state index in [0.717, 1.165) is 32.4 Å². The third kappa shape index (κ3) is 4.69. The summed E-state index contributed by atoms with van der Waals surface area (Å²) < 4.78 is 35.9. The Morgan fingerprint density at radius 1 is 1.12 bits per heavy atom. The molecule has 0 spiro atoms. The van der Waals surface area contributed by atoms with E-state index in [1.54, 1.807) is 12.1 Å². The van der Waals surface area contributed by atoms with Gasteiger partial charge in [-0.25, -0.2) is 8.42 Å². The van der Waals surface area contributed by atoms with Gasteiger partial charge in [0, 0.05) is 49.8 Å². The molecule has 32 heavy (non-hydrogen) atoms. The van der Waals surface area contributed by atoms with E-state index in [1.165, 1.54) is 16.1 Å². The second-order valence-corrected chi connectivity index (χ2v) is 10.3. The molecular weight excluding hydrogens is 428 g/mol. The van der Waals surface area contributed by atoms with Crippen molar-refractivity contribution in [3.05, 3.63) is 42.2 Å². The summed E-state index contributed by atoms with van der Waals surface area (Å²) in [6.45, 7) is 7.19. The first-order valence-corrected chi connectivity index (χ1v) is 12.8. The third-order valence-electron chi connectivity index (χ3n) is 6.28. The van der Waals surface area contributed by atoms with Crippen molar-refractivity contribution >= 4 is 21.6 Å². The topological polar surface area (TPSA) is 83.9 Å². The number of amides is 1. The van der Waals surface area contributed by atoms with Gasteiger partial charge in [-0.3, -0.25) is 9.69 Å². The Labute approximate surface area is 190 Å². The smallest absolute Gasteiger partial charge is 0.246 e. The largest absolute Gasteiger partial charge is 0.492 e. The van der Waals surface area contributed by atoms with Crippen LogP contribution in [0, 0.1) is 0 Å². The van der Waals surface area contributed by atoms with Gasteiger partial charge in [-0.1, -0.05) is 6.42 Å². The monoisotopic (exact) mass is 460 g/mol. The molecule has 2 aliphatic rings. The molecule has 1 saturated heterocycles. The van der Waals surface area contributed by atoms with Gasteiger partial charge in [0.1, 0.15) is 10.6 Å². The van der Waals surface area contributed by atoms with E-state index < -0.39 is 10.0 Å². The van der Waals surface area contributed by atoms with Crippen LogP contribution in [0.3, 0.4) is 0 Å². The minimum atomic E-state index is -3.69. The molecule has 1 amide bonds. The van der Waals surface area contributed by atoms with Crippen molar-refractivity contribution in [3.63, 3.8) is 0 Å². The summed E-state index contributed by atoms with van der Waals surface area (Å²) in [5, 5.41) is 2.89. The van der Waals surface area contributed by atoms with Crippen LogP contribution in [-0.4, -0.2) is 60.9 Å². The number of ether oxygens (including phenoxy) is 1. The average Bonchev–Trinajstić information content (AvgIpc) is 3.27. The molecule has 1 aromatic carbocycles. The van der Waals surface area contributed by atoms with Gasteiger partial charge in [0.2, 0.25) is 15.9 Å². The molecular formula is C23H32N4O4S. The molecule has 9 heteroatoms. The number of benzene rings is 1. The molecule has 1 aromatic heterocycles. The van der Waals surface area contributed by atoms with E-state index in [4.69, 9.17) is 4.74 Å². The van der Waals surface area contributed by atoms with Gasteiger partial charge >= 0.3 is 0 Å². The van der Waals surface area contributed by atoms with Crippen LogP contribution in [0.15, 0.2) is 41.4 Å². The highest BCUT2D eigenvalue weighted by molar-refractivity contribution is 7.89. The zero-order chi connectivity index (χ0) is 22.7. The number of hydrogen-bond donors (Lipinski definition) is 1. The Bertz CT molecular complexity index is 1060. The molecule has 8 nitrogen and oxygen atoms in total. The van der Waals surface area contributed by atoms with Gasteiger partial charge in [-0.15, -0.1) is 0 Å². The van der Waals surface area contributed by atoms with Gasteiger partial charge in [0.15, 0.2) is 0 Å². The fourth-order valence-electron chi connectivity index (χ4n) is 4.53. The first-order chi connectivity index (χ1) is 15.4. The lowest BCUT2D eigenvalue weighted by molar-refractivity contribution is -0.118. The molecule has 0 bridgehead atoms. The summed E-state index contributed by atoms with van der Waals surface area (Å²) in [4.78, 5) is 15.0. The second-order valence-electron chi connectivity index (χ2n) is 8.38. The molecule has 174 valence electrons. The first-order valence-electron chi connectivity index (χ1n) is 11.4. The number of aromatic nitrogens is 1. The highest BCUT2D eigenvalue weighted by atomic mass is 32.2. The SMILES string of the molecule is CCOc1ccc(NC(=O)CN2CCn3cccc3C2C)cc1S(=O)(=O)N1CCCCC1. The Morgan fingerprint density at radius 3 is 2.66 bits per heavy atom. The lowest BCUT2D eigenvalue weighted by atomic mass is 10.1. The van der Waals surface area contributed by atoms with E-state index >= 15 is 0 Å². The number of carbonyl (C=O) groups excluding carboxylic acids is 1. The van der Waals surface area contributed by atoms with Crippen molar-refractivity contribution in [1.29, 1.82) is 0 Å². The number of sulfonamides is 1. The minimum absolute atomic E-state index is 0.114. The zero-order valence-corrected chi connectivity index (χ0v) is 19.6. The van der Waals surface area contributed by atoms with Crippen molar-refractivity contribution in [2.75, 3.05) is 38.1 Å². The second kappa shape index (κ2) is 9.64. The molecule has 1 unspecified atom stereocenters. The summed E-state index contributed by atoms with van der Waals surface area (Å²) >= 11 is 0. The summed E-state index contributed by atoms with van der Waals surface area (Å²) in [6, 6.07) is 9.10. The van der Waals surface area contributed by atoms with Gasteiger partial charge in [-0.05, 0) is 57.0 Å². The molecule has 1 atom stereocenters. The highest BCUT2D eigenvalue weighted by Gasteiger charge is 2.30. The van der Waals surface area contributed by atoms with Crippen LogP contribution in [0.5, 0.6) is 5.75 Å². The minimum Gasteiger partial charge on any atom is -0.492 e. The molecule has 3 heterocycles. The summed E-state index contributed by atoms with van der Waals surface area (Å²) in [6.07, 6.45) is 4.82. The van der Waals surface area contributed by atoms with Crippen LogP contribution in [0.2, 0.25) is 0 Å². The van der Waals surface area contributed by atoms with E-state index in [0.29, 0.717) is 31.1 Å². The average molecular weight is 461 g/mol. The summed E-state index contributed by atoms with van der Waals surface area (Å²) in [5.74, 6) is 0.156. The summed E-state index contributed by atoms with van der Waals surface area (Å²) in [5.41, 5.74) is 1.65. The third-order valence-corrected chi connectivity index (χ3v) is 8.20. The van der Waals surface area contributed by atoms with Crippen molar-refractivity contribution in [2.45, 2.75) is 50.6 Å². The van der Waals surface area contributed by atoms with E-state index in [9.17, 15) is 13.2 Å². The quantitative estimate of drug-likeness (QED) is 0.687. The number of anilines is 1. The molecule has 0 radical (unpaired) electrons. The molecule has 1 N–H and O–H groups in total. The lowest BCUT2D eigenvalue weighted by Gasteiger charge is -2.34. The predicted octanol–water partition coefficient (Wildman–Crippen LogP) is 3.08. The molecule has 0 saturated carbocycles. The van der Waals surface area contributed by atoms with E-state index in [-0.39, 0.29) is 23.4 Å². The van der Waals surface area contributed by atoms with Gasteiger partial charge in [-0.2, -0.15) is 4.31 Å². The molecule has 4 rings (SSSR count). The van der Waals surface area contributed by atoms with Crippen molar-refractivity contribution in [3.8, 4) is 5.75 Å². The maximum atomic E-state index is 13.3. The number of nitrogens with zero attached hydrogens (tertiary/aromatic N) is 3. The van der Waals surface area contributed by atoms with Crippen molar-refractivity contribution < 1.29 is 17.9 Å². The maximum absolute atomic E-state index is 13.3. The number of rotatable bonds is 7. The zero-order valence-electron chi connectivity index (χ0n) is 18.8. The Morgan fingerprint density at radius 2 is 1.91 bits per heavy atom. The van der Waals surface area contributed by atoms with Gasteiger partial charge in [0.05, 0.1) is 13.2 Å². The summed E-state index contributed by atoms with van der Waals surface area (Å²) in [7, 11) is -3.69. The van der Waals surface area contributed by atoms with Crippen molar-refractivity contribution in [1.82, 2.24) is 13.8 Å². The van der Waals surface area contributed by atoms with Crippen molar-refractivity contribution in [2.24, 2.45) is 0 Å². The van der Waals surface area contributed by atoms with Gasteiger partial charge < -0.3 is 14.6 Å². The van der Waals surface area contributed by atoms with Crippen LogP contribution in [-0.2, 0) is 21.4 Å². The predicted molar refractivity (Wildman–Crippen MR) is 123 cm³/mol. The fraction of sp³-hybridized carbons (Fsp3) is 0.522. The van der Waals surface area contributed by atoms with Crippen LogP contribution < -0.4 is 10.1 Å². The normalized spacial score (nSPS) is 20.0. The van der Waals surface area contributed by atoms with Crippen LogP contribution in [0.4, 0.5) is 5.69 Å². The van der Waals surface area contributed by atoms with Crippen LogP contribution in [0.1, 0.15) is 44.8 Å². The molecule has 0 aliphatic carbocycles. The number of hydrogen-bond acceptors (Lipinski definition) is 5. The molecule has 1 fully saturated rings. The highest BCUT2D eigenvalue weighted by Crippen LogP contribution is 2.32. The molecule has 2 aromatic rings. The van der Waals surface area contributed by atoms with E-state index in [1.807, 2.05) is 13.0 Å². The standard InChI is InChI=1S/C23H32N4O4S/c1-3-31-21-10-9-19(16-22(21)32(29,30)27-12-5-4-6-13-27)24-23(28)17-26-15-14-25-11-7-8-20(25)18(26)2/h7-11,16,18H,3-6,12-15,17H2,1-2H3,(H,24,28). The van der Waals surface area contributed by atoms with Crippen LogP contribution >= 0.6 is 0 Å². The Hall–Kier alpha value is -2.36. The molecule has 2 aliphatic heterocycles. The van der Waals surface area contributed by atoms with Gasteiger partial charge in [0.25, 0.3) is 0 Å². The van der Waals surface area contributed by atoms with Crippen LogP contribution in [0.25, 0.3) is 0 Å². The number of fused-ring (bicyclic) bond motifs is 1. The lowest BCUT2D eigenvalue weighted by Crippen LogP contribution is -2.41. The fourth-order valence-corrected chi connectivity index (χ4v) is 6.21. The number of nitrogens with one attached hydrogen (secondary N) is 1. The van der Waals surface area contributed by atoms with E-state index in [2.05, 4.69) is 34.0 Å².